The third-order valence-electron chi connectivity index (χ3n) is 11.2. The Morgan fingerprint density at radius 2 is 1.22 bits per heavy atom. The summed E-state index contributed by atoms with van der Waals surface area (Å²) in [6, 6.07) is 55.5. The Labute approximate surface area is 320 Å². The van der Waals surface area contributed by atoms with Crippen molar-refractivity contribution in [1.29, 1.82) is 0 Å². The number of benzene rings is 6. The van der Waals surface area contributed by atoms with Gasteiger partial charge in [-0.25, -0.2) is 4.98 Å². The van der Waals surface area contributed by atoms with Crippen LogP contribution in [0.1, 0.15) is 39.3 Å². The molecule has 1 unspecified atom stereocenters. The van der Waals surface area contributed by atoms with E-state index in [2.05, 4.69) is 172 Å². The van der Waals surface area contributed by atoms with E-state index in [1.807, 2.05) is 17.5 Å². The van der Waals surface area contributed by atoms with Crippen molar-refractivity contribution in [1.82, 2.24) is 9.97 Å². The third-order valence-corrected chi connectivity index (χ3v) is 12.4. The molecule has 10 rings (SSSR count). The number of fused-ring (bicyclic) bond motifs is 6. The first-order valence-electron chi connectivity index (χ1n) is 18.7. The SMILES string of the molecule is Cc1ccc2c(c1)-c1cc(C)ccc1C(c1ccc3sc4ccnc(-c5ccc(-c6nc(-c7ccccc7)cc(-c7ccccc7)c6C)cc5)c4c3c1)C2. The molecule has 0 saturated carbocycles. The van der Waals surface area contributed by atoms with Crippen molar-refractivity contribution in [3.05, 3.63) is 191 Å². The van der Waals surface area contributed by atoms with Crippen molar-refractivity contribution in [3.8, 4) is 56.0 Å². The smallest absolute Gasteiger partial charge is 0.0795 e. The molecule has 258 valence electrons. The first kappa shape index (κ1) is 32.5. The van der Waals surface area contributed by atoms with Gasteiger partial charge in [0.05, 0.1) is 17.1 Å². The van der Waals surface area contributed by atoms with E-state index in [0.717, 1.165) is 40.2 Å². The highest BCUT2D eigenvalue weighted by atomic mass is 32.1. The van der Waals surface area contributed by atoms with E-state index in [1.165, 1.54) is 75.8 Å². The van der Waals surface area contributed by atoms with Gasteiger partial charge >= 0.3 is 0 Å². The summed E-state index contributed by atoms with van der Waals surface area (Å²) in [6.07, 6.45) is 2.96. The van der Waals surface area contributed by atoms with Crippen LogP contribution in [-0.2, 0) is 6.42 Å². The van der Waals surface area contributed by atoms with Gasteiger partial charge in [-0.2, -0.15) is 0 Å². The van der Waals surface area contributed by atoms with Gasteiger partial charge in [-0.15, -0.1) is 11.3 Å². The molecule has 1 aliphatic carbocycles. The van der Waals surface area contributed by atoms with Crippen LogP contribution in [0.25, 0.3) is 76.2 Å². The maximum Gasteiger partial charge on any atom is 0.0795 e. The summed E-state index contributed by atoms with van der Waals surface area (Å²) in [5, 5.41) is 2.51. The zero-order valence-electron chi connectivity index (χ0n) is 30.6. The van der Waals surface area contributed by atoms with Crippen LogP contribution < -0.4 is 0 Å². The van der Waals surface area contributed by atoms with Crippen molar-refractivity contribution >= 4 is 31.5 Å². The highest BCUT2D eigenvalue weighted by Gasteiger charge is 2.27. The fraction of sp³-hybridized carbons (Fsp3) is 0.0980. The fourth-order valence-corrected chi connectivity index (χ4v) is 9.56. The Kier molecular flexibility index (Phi) is 7.85. The molecule has 0 radical (unpaired) electrons. The predicted octanol–water partition coefficient (Wildman–Crippen LogP) is 13.8. The van der Waals surface area contributed by atoms with E-state index < -0.39 is 0 Å². The molecule has 0 N–H and O–H groups in total. The van der Waals surface area contributed by atoms with Crippen LogP contribution in [-0.4, -0.2) is 9.97 Å². The van der Waals surface area contributed by atoms with Gasteiger partial charge in [0.1, 0.15) is 0 Å². The summed E-state index contributed by atoms with van der Waals surface area (Å²) in [7, 11) is 0. The molecule has 0 aliphatic heterocycles. The lowest BCUT2D eigenvalue weighted by Gasteiger charge is -2.29. The Bertz CT molecular complexity index is 2870. The number of pyridine rings is 2. The molecule has 0 amide bonds. The molecule has 9 aromatic rings. The van der Waals surface area contributed by atoms with Gasteiger partial charge in [0.15, 0.2) is 0 Å². The minimum absolute atomic E-state index is 0.290. The third kappa shape index (κ3) is 5.55. The molecule has 3 heteroatoms. The number of thiophene rings is 1. The lowest BCUT2D eigenvalue weighted by Crippen LogP contribution is -2.13. The minimum Gasteiger partial charge on any atom is -0.256 e. The lowest BCUT2D eigenvalue weighted by atomic mass is 9.75. The quantitative estimate of drug-likeness (QED) is 0.178. The number of nitrogens with zero attached hydrogens (tertiary/aromatic N) is 2. The van der Waals surface area contributed by atoms with Gasteiger partial charge in [0.25, 0.3) is 0 Å². The normalized spacial score (nSPS) is 13.6. The van der Waals surface area contributed by atoms with E-state index in [0.29, 0.717) is 0 Å². The molecular weight excluding hydrogens is 673 g/mol. The van der Waals surface area contributed by atoms with E-state index >= 15 is 0 Å². The van der Waals surface area contributed by atoms with Gasteiger partial charge in [-0.1, -0.05) is 139 Å². The van der Waals surface area contributed by atoms with E-state index in [4.69, 9.17) is 9.97 Å². The first-order chi connectivity index (χ1) is 26.5. The van der Waals surface area contributed by atoms with Crippen LogP contribution in [0.4, 0.5) is 0 Å². The van der Waals surface area contributed by atoms with Crippen LogP contribution in [0, 0.1) is 20.8 Å². The summed E-state index contributed by atoms with van der Waals surface area (Å²) in [5.74, 6) is 0.290. The van der Waals surface area contributed by atoms with Gasteiger partial charge in [-0.3, -0.25) is 4.98 Å². The monoisotopic (exact) mass is 710 g/mol. The number of hydrogen-bond acceptors (Lipinski definition) is 3. The maximum absolute atomic E-state index is 5.26. The number of hydrogen-bond donors (Lipinski definition) is 0. The highest BCUT2D eigenvalue weighted by molar-refractivity contribution is 7.25. The van der Waals surface area contributed by atoms with Crippen LogP contribution in [0.3, 0.4) is 0 Å². The Morgan fingerprint density at radius 1 is 0.537 bits per heavy atom. The molecule has 0 fully saturated rings. The van der Waals surface area contributed by atoms with E-state index in [1.54, 1.807) is 0 Å². The van der Waals surface area contributed by atoms with Gasteiger partial charge in [0.2, 0.25) is 0 Å². The first-order valence-corrected chi connectivity index (χ1v) is 19.5. The van der Waals surface area contributed by atoms with Crippen LogP contribution in [0.2, 0.25) is 0 Å². The van der Waals surface area contributed by atoms with Crippen LogP contribution >= 0.6 is 11.3 Å². The second-order valence-corrected chi connectivity index (χ2v) is 15.8. The lowest BCUT2D eigenvalue weighted by molar-refractivity contribution is 0.794. The standard InChI is InChI=1S/C51H38N2S/c1-31-14-16-38-28-43(40-22-15-32(2)27-44(40)42(38)26-31)39-21-23-47-45(29-39)49-48(54-47)24-25-52-51(49)37-19-17-36(18-20-37)50-33(3)41(34-10-6-4-7-11-34)30-46(53-50)35-12-8-5-9-13-35/h4-27,29-30,43H,28H2,1-3H3. The molecule has 0 spiro atoms. The zero-order chi connectivity index (χ0) is 36.3. The van der Waals surface area contributed by atoms with Crippen molar-refractivity contribution in [2.24, 2.45) is 0 Å². The van der Waals surface area contributed by atoms with Crippen molar-refractivity contribution in [2.45, 2.75) is 33.1 Å². The molecular formula is C51H38N2S. The highest BCUT2D eigenvalue weighted by Crippen LogP contribution is 2.46. The topological polar surface area (TPSA) is 25.8 Å². The molecule has 0 bridgehead atoms. The van der Waals surface area contributed by atoms with E-state index in [-0.39, 0.29) is 5.92 Å². The van der Waals surface area contributed by atoms with Crippen molar-refractivity contribution in [3.63, 3.8) is 0 Å². The summed E-state index contributed by atoms with van der Waals surface area (Å²) in [6.45, 7) is 6.58. The molecule has 3 aromatic heterocycles. The van der Waals surface area contributed by atoms with Gasteiger partial charge in [-0.05, 0) is 96.0 Å². The van der Waals surface area contributed by atoms with Crippen molar-refractivity contribution in [2.75, 3.05) is 0 Å². The van der Waals surface area contributed by atoms with E-state index in [9.17, 15) is 0 Å². The molecule has 1 atom stereocenters. The zero-order valence-corrected chi connectivity index (χ0v) is 31.4. The average molecular weight is 711 g/mol. The largest absolute Gasteiger partial charge is 0.256 e. The number of aromatic nitrogens is 2. The Hall–Kier alpha value is -6.16. The average Bonchev–Trinajstić information content (AvgIpc) is 3.60. The predicted molar refractivity (Wildman–Crippen MR) is 228 cm³/mol. The summed E-state index contributed by atoms with van der Waals surface area (Å²) in [5.41, 5.74) is 19.4. The fourth-order valence-electron chi connectivity index (χ4n) is 8.48. The Morgan fingerprint density at radius 3 is 1.98 bits per heavy atom. The van der Waals surface area contributed by atoms with Crippen LogP contribution in [0.15, 0.2) is 158 Å². The molecule has 6 aromatic carbocycles. The second-order valence-electron chi connectivity index (χ2n) is 14.7. The summed E-state index contributed by atoms with van der Waals surface area (Å²) >= 11 is 1.85. The molecule has 2 nitrogen and oxygen atoms in total. The molecule has 1 aliphatic rings. The summed E-state index contributed by atoms with van der Waals surface area (Å²) in [4.78, 5) is 10.3. The number of aryl methyl sites for hydroxylation is 2. The maximum atomic E-state index is 5.26. The van der Waals surface area contributed by atoms with Gasteiger partial charge in [0, 0.05) is 49.0 Å². The number of rotatable bonds is 5. The molecule has 54 heavy (non-hydrogen) atoms. The van der Waals surface area contributed by atoms with Crippen LogP contribution in [0.5, 0.6) is 0 Å². The molecule has 0 saturated heterocycles. The Balaban J connectivity index is 1.07. The minimum atomic E-state index is 0.290. The summed E-state index contributed by atoms with van der Waals surface area (Å²) < 4.78 is 2.55. The molecule has 3 heterocycles. The second kappa shape index (κ2) is 13.1. The van der Waals surface area contributed by atoms with Crippen molar-refractivity contribution < 1.29 is 0 Å². The van der Waals surface area contributed by atoms with Gasteiger partial charge < -0.3 is 0 Å².